The van der Waals surface area contributed by atoms with Crippen molar-refractivity contribution in [1.82, 2.24) is 19.9 Å². The molecule has 1 fully saturated rings. The molecule has 2 aromatic heterocycles. The normalized spacial score (nSPS) is 15.1. The minimum absolute atomic E-state index is 0.260. The summed E-state index contributed by atoms with van der Waals surface area (Å²) in [5.41, 5.74) is 1.79. The van der Waals surface area contributed by atoms with Gasteiger partial charge in [0.25, 0.3) is 5.91 Å². The molecule has 1 aliphatic rings. The van der Waals surface area contributed by atoms with Gasteiger partial charge in [-0.15, -0.1) is 0 Å². The maximum atomic E-state index is 12.7. The number of rotatable bonds is 4. The number of carbonyl (C=O) groups is 1. The monoisotopic (exact) mass is 362 g/mol. The van der Waals surface area contributed by atoms with E-state index in [4.69, 9.17) is 0 Å². The van der Waals surface area contributed by atoms with Crippen LogP contribution in [0.1, 0.15) is 17.4 Å². The van der Waals surface area contributed by atoms with Crippen LogP contribution in [0.4, 0.5) is 11.5 Å². The first kappa shape index (κ1) is 17.4. The predicted molar refractivity (Wildman–Crippen MR) is 106 cm³/mol. The van der Waals surface area contributed by atoms with Gasteiger partial charge >= 0.3 is 0 Å². The van der Waals surface area contributed by atoms with Crippen LogP contribution in [0.2, 0.25) is 0 Å². The second kappa shape index (κ2) is 7.67. The SMILES string of the molecule is CCN1CCN(c2cc(C(=O)Nc3cccc4cccnc34)ncn2)CC1. The highest BCUT2D eigenvalue weighted by Crippen LogP contribution is 2.21. The van der Waals surface area contributed by atoms with Crippen LogP contribution in [0.25, 0.3) is 10.9 Å². The molecule has 4 rings (SSSR count). The zero-order valence-corrected chi connectivity index (χ0v) is 15.3. The molecule has 0 spiro atoms. The molecule has 3 aromatic rings. The topological polar surface area (TPSA) is 74.2 Å². The first-order valence-corrected chi connectivity index (χ1v) is 9.19. The molecule has 7 heteroatoms. The number of likely N-dealkylation sites (N-methyl/N-ethyl adjacent to an activating group) is 1. The van der Waals surface area contributed by atoms with Crippen LogP contribution in [-0.4, -0.2) is 58.5 Å². The molecule has 0 bridgehead atoms. The number of para-hydroxylation sites is 1. The van der Waals surface area contributed by atoms with Gasteiger partial charge in [0.05, 0.1) is 11.2 Å². The molecule has 138 valence electrons. The summed E-state index contributed by atoms with van der Waals surface area (Å²) in [5.74, 6) is 0.533. The molecule has 1 amide bonds. The van der Waals surface area contributed by atoms with Crippen LogP contribution < -0.4 is 10.2 Å². The highest BCUT2D eigenvalue weighted by Gasteiger charge is 2.18. The van der Waals surface area contributed by atoms with E-state index in [0.29, 0.717) is 11.4 Å². The molecule has 0 atom stereocenters. The third-order valence-corrected chi connectivity index (χ3v) is 4.91. The van der Waals surface area contributed by atoms with Crippen molar-refractivity contribution in [2.45, 2.75) is 6.92 Å². The van der Waals surface area contributed by atoms with Crippen molar-refractivity contribution in [2.24, 2.45) is 0 Å². The number of benzene rings is 1. The summed E-state index contributed by atoms with van der Waals surface area (Å²) in [5, 5.41) is 3.91. The van der Waals surface area contributed by atoms with Crippen molar-refractivity contribution < 1.29 is 4.79 Å². The highest BCUT2D eigenvalue weighted by atomic mass is 16.1. The van der Waals surface area contributed by atoms with Crippen LogP contribution in [0.15, 0.2) is 48.9 Å². The summed E-state index contributed by atoms with van der Waals surface area (Å²) >= 11 is 0. The number of anilines is 2. The number of amides is 1. The smallest absolute Gasteiger partial charge is 0.274 e. The van der Waals surface area contributed by atoms with E-state index in [2.05, 4.69) is 37.0 Å². The van der Waals surface area contributed by atoms with E-state index < -0.39 is 0 Å². The maximum absolute atomic E-state index is 12.7. The average molecular weight is 362 g/mol. The summed E-state index contributed by atoms with van der Waals surface area (Å²) in [6.07, 6.45) is 3.18. The fraction of sp³-hybridized carbons (Fsp3) is 0.300. The lowest BCUT2D eigenvalue weighted by molar-refractivity contribution is 0.102. The lowest BCUT2D eigenvalue weighted by Crippen LogP contribution is -2.46. The van der Waals surface area contributed by atoms with Crippen molar-refractivity contribution in [3.05, 3.63) is 54.6 Å². The van der Waals surface area contributed by atoms with E-state index in [9.17, 15) is 4.79 Å². The van der Waals surface area contributed by atoms with Gasteiger partial charge < -0.3 is 15.1 Å². The molecule has 7 nitrogen and oxygen atoms in total. The molecule has 27 heavy (non-hydrogen) atoms. The zero-order chi connectivity index (χ0) is 18.6. The molecular formula is C20H22N6O. The van der Waals surface area contributed by atoms with Crippen molar-refractivity contribution in [3.63, 3.8) is 0 Å². The Balaban J connectivity index is 1.52. The number of fused-ring (bicyclic) bond motifs is 1. The van der Waals surface area contributed by atoms with Crippen LogP contribution in [-0.2, 0) is 0 Å². The van der Waals surface area contributed by atoms with Crippen molar-refractivity contribution >= 4 is 28.3 Å². The Kier molecular flexibility index (Phi) is 4.93. The van der Waals surface area contributed by atoms with E-state index in [-0.39, 0.29) is 5.91 Å². The van der Waals surface area contributed by atoms with E-state index in [1.54, 1.807) is 12.3 Å². The summed E-state index contributed by atoms with van der Waals surface area (Å²) in [4.78, 5) is 30.2. The number of carbonyl (C=O) groups excluding carboxylic acids is 1. The van der Waals surface area contributed by atoms with Gasteiger partial charge in [0.15, 0.2) is 0 Å². The van der Waals surface area contributed by atoms with Crippen molar-refractivity contribution in [1.29, 1.82) is 0 Å². The molecule has 0 aliphatic carbocycles. The number of nitrogens with zero attached hydrogens (tertiary/aromatic N) is 5. The van der Waals surface area contributed by atoms with E-state index >= 15 is 0 Å². The lowest BCUT2D eigenvalue weighted by Gasteiger charge is -2.34. The van der Waals surface area contributed by atoms with Gasteiger partial charge in [0.1, 0.15) is 17.8 Å². The Morgan fingerprint density at radius 2 is 1.89 bits per heavy atom. The second-order valence-electron chi connectivity index (χ2n) is 6.52. The molecule has 1 aromatic carbocycles. The van der Waals surface area contributed by atoms with E-state index in [0.717, 1.165) is 49.4 Å². The Labute approximate surface area is 158 Å². The number of hydrogen-bond acceptors (Lipinski definition) is 6. The lowest BCUT2D eigenvalue weighted by atomic mass is 10.2. The minimum atomic E-state index is -0.260. The third kappa shape index (κ3) is 3.73. The van der Waals surface area contributed by atoms with Crippen LogP contribution in [0, 0.1) is 0 Å². The summed E-state index contributed by atoms with van der Waals surface area (Å²) in [6, 6.07) is 11.3. The van der Waals surface area contributed by atoms with Crippen LogP contribution in [0.3, 0.4) is 0 Å². The van der Waals surface area contributed by atoms with Gasteiger partial charge in [-0.25, -0.2) is 9.97 Å². The summed E-state index contributed by atoms with van der Waals surface area (Å²) in [7, 11) is 0. The average Bonchev–Trinajstić information content (AvgIpc) is 2.74. The summed E-state index contributed by atoms with van der Waals surface area (Å²) < 4.78 is 0. The van der Waals surface area contributed by atoms with E-state index in [1.165, 1.54) is 6.33 Å². The molecular weight excluding hydrogens is 340 g/mol. The Morgan fingerprint density at radius 3 is 2.70 bits per heavy atom. The largest absolute Gasteiger partial charge is 0.354 e. The van der Waals surface area contributed by atoms with Gasteiger partial charge in [0.2, 0.25) is 0 Å². The van der Waals surface area contributed by atoms with Gasteiger partial charge in [-0.2, -0.15) is 0 Å². The van der Waals surface area contributed by atoms with Gasteiger partial charge in [-0.1, -0.05) is 25.1 Å². The number of pyridine rings is 1. The van der Waals surface area contributed by atoms with Crippen LogP contribution >= 0.6 is 0 Å². The van der Waals surface area contributed by atoms with Gasteiger partial charge in [-0.05, 0) is 18.7 Å². The maximum Gasteiger partial charge on any atom is 0.274 e. The molecule has 0 unspecified atom stereocenters. The molecule has 0 saturated carbocycles. The summed E-state index contributed by atoms with van der Waals surface area (Å²) in [6.45, 7) is 7.04. The Morgan fingerprint density at radius 1 is 1.07 bits per heavy atom. The fourth-order valence-corrected chi connectivity index (χ4v) is 3.33. The molecule has 1 N–H and O–H groups in total. The number of hydrogen-bond donors (Lipinski definition) is 1. The number of nitrogens with one attached hydrogen (secondary N) is 1. The fourth-order valence-electron chi connectivity index (χ4n) is 3.33. The molecule has 1 aliphatic heterocycles. The Hall–Kier alpha value is -3.06. The first-order valence-electron chi connectivity index (χ1n) is 9.19. The Bertz CT molecular complexity index is 947. The van der Waals surface area contributed by atoms with Crippen molar-refractivity contribution in [2.75, 3.05) is 42.9 Å². The first-order chi connectivity index (χ1) is 13.2. The zero-order valence-electron chi connectivity index (χ0n) is 15.3. The second-order valence-corrected chi connectivity index (χ2v) is 6.52. The van der Waals surface area contributed by atoms with E-state index in [1.807, 2.05) is 30.3 Å². The van der Waals surface area contributed by atoms with Crippen molar-refractivity contribution in [3.8, 4) is 0 Å². The molecule has 3 heterocycles. The predicted octanol–water partition coefficient (Wildman–Crippen LogP) is 2.42. The highest BCUT2D eigenvalue weighted by molar-refractivity contribution is 6.07. The number of aromatic nitrogens is 3. The standard InChI is InChI=1S/C20H22N6O/c1-2-25-9-11-26(12-10-25)18-13-17(22-14-23-18)20(27)24-16-7-3-5-15-6-4-8-21-19(15)16/h3-8,13-14H,2,9-12H2,1H3,(H,24,27). The van der Waals surface area contributed by atoms with Crippen LogP contribution in [0.5, 0.6) is 0 Å². The van der Waals surface area contributed by atoms with Gasteiger partial charge in [-0.3, -0.25) is 9.78 Å². The molecule has 0 radical (unpaired) electrons. The number of piperazine rings is 1. The third-order valence-electron chi connectivity index (χ3n) is 4.91. The minimum Gasteiger partial charge on any atom is -0.354 e. The van der Waals surface area contributed by atoms with Gasteiger partial charge in [0, 0.05) is 43.8 Å². The molecule has 1 saturated heterocycles. The quantitative estimate of drug-likeness (QED) is 0.768.